The van der Waals surface area contributed by atoms with Gasteiger partial charge in [-0.05, 0) is 0 Å². The monoisotopic (exact) mass is 136 g/mol. The van der Waals surface area contributed by atoms with E-state index in [1.165, 1.54) is 0 Å². The lowest BCUT2D eigenvalue weighted by Crippen LogP contribution is -2.52. The number of hydrogen-bond donors (Lipinski definition) is 4. The van der Waals surface area contributed by atoms with Crippen molar-refractivity contribution in [2.45, 2.75) is 5.54 Å². The first-order valence-corrected chi connectivity index (χ1v) is 2.51. The van der Waals surface area contributed by atoms with Gasteiger partial charge in [0.05, 0.1) is 25.4 Å². The second kappa shape index (κ2) is 3.76. The van der Waals surface area contributed by atoms with Crippen LogP contribution in [0.2, 0.25) is 0 Å². The van der Waals surface area contributed by atoms with Gasteiger partial charge in [-0.2, -0.15) is 0 Å². The number of aliphatic hydroxyl groups is 2. The Kier molecular flexibility index (Phi) is 3.67. The standard InChI is InChI=1S/C4H12N2O3/c5-4(1-7,2-8)3-9-6/h7-8H,1-3,5-6H2. The molecule has 0 aliphatic rings. The van der Waals surface area contributed by atoms with Crippen molar-refractivity contribution in [1.82, 2.24) is 0 Å². The summed E-state index contributed by atoms with van der Waals surface area (Å²) in [7, 11) is 0. The minimum atomic E-state index is -1.10. The zero-order chi connectivity index (χ0) is 7.33. The first kappa shape index (κ1) is 8.80. The zero-order valence-electron chi connectivity index (χ0n) is 5.08. The highest BCUT2D eigenvalue weighted by atomic mass is 16.6. The number of hydrogen-bond acceptors (Lipinski definition) is 5. The third kappa shape index (κ3) is 2.73. The fraction of sp³-hybridized carbons (Fsp3) is 1.00. The van der Waals surface area contributed by atoms with Crippen LogP contribution in [0.4, 0.5) is 0 Å². The molecule has 6 N–H and O–H groups in total. The predicted molar refractivity (Wildman–Crippen MR) is 31.2 cm³/mol. The minimum Gasteiger partial charge on any atom is -0.394 e. The van der Waals surface area contributed by atoms with Gasteiger partial charge in [-0.15, -0.1) is 0 Å². The van der Waals surface area contributed by atoms with Gasteiger partial charge < -0.3 is 20.8 Å². The molecule has 0 rings (SSSR count). The molecule has 0 aromatic carbocycles. The van der Waals surface area contributed by atoms with E-state index in [1.54, 1.807) is 0 Å². The topological polar surface area (TPSA) is 102 Å². The quantitative estimate of drug-likeness (QED) is 0.321. The van der Waals surface area contributed by atoms with Crippen LogP contribution in [0.25, 0.3) is 0 Å². The summed E-state index contributed by atoms with van der Waals surface area (Å²) < 4.78 is 0. The van der Waals surface area contributed by atoms with E-state index in [4.69, 9.17) is 15.9 Å². The van der Waals surface area contributed by atoms with E-state index < -0.39 is 5.54 Å². The SMILES string of the molecule is NOCC(N)(CO)CO. The second-order valence-corrected chi connectivity index (χ2v) is 1.99. The Morgan fingerprint density at radius 2 is 1.78 bits per heavy atom. The van der Waals surface area contributed by atoms with Crippen LogP contribution in [0, 0.1) is 0 Å². The molecule has 5 nitrogen and oxygen atoms in total. The summed E-state index contributed by atoms with van der Waals surface area (Å²) in [6, 6.07) is 0. The first-order chi connectivity index (χ1) is 4.18. The van der Waals surface area contributed by atoms with Gasteiger partial charge in [0.1, 0.15) is 0 Å². The van der Waals surface area contributed by atoms with Crippen molar-refractivity contribution >= 4 is 0 Å². The van der Waals surface area contributed by atoms with Crippen LogP contribution < -0.4 is 11.6 Å². The highest BCUT2D eigenvalue weighted by Crippen LogP contribution is 1.95. The summed E-state index contributed by atoms with van der Waals surface area (Å²) in [5, 5.41) is 17.0. The molecular weight excluding hydrogens is 124 g/mol. The van der Waals surface area contributed by atoms with Gasteiger partial charge in [-0.3, -0.25) is 0 Å². The summed E-state index contributed by atoms with van der Waals surface area (Å²) >= 11 is 0. The highest BCUT2D eigenvalue weighted by Gasteiger charge is 2.22. The van der Waals surface area contributed by atoms with Crippen LogP contribution in [0.5, 0.6) is 0 Å². The van der Waals surface area contributed by atoms with Crippen LogP contribution >= 0.6 is 0 Å². The Balaban J connectivity index is 3.62. The van der Waals surface area contributed by atoms with Gasteiger partial charge in [0.15, 0.2) is 0 Å². The van der Waals surface area contributed by atoms with Crippen molar-refractivity contribution < 1.29 is 15.1 Å². The first-order valence-electron chi connectivity index (χ1n) is 2.51. The molecule has 0 unspecified atom stereocenters. The maximum Gasteiger partial charge on any atom is 0.0904 e. The Hall–Kier alpha value is -0.200. The second-order valence-electron chi connectivity index (χ2n) is 1.99. The van der Waals surface area contributed by atoms with Crippen molar-refractivity contribution in [3.8, 4) is 0 Å². The van der Waals surface area contributed by atoms with E-state index in [0.29, 0.717) is 0 Å². The van der Waals surface area contributed by atoms with Crippen molar-refractivity contribution in [1.29, 1.82) is 0 Å². The van der Waals surface area contributed by atoms with E-state index in [2.05, 4.69) is 10.7 Å². The molecule has 0 bridgehead atoms. The van der Waals surface area contributed by atoms with E-state index in [9.17, 15) is 0 Å². The third-order valence-corrected chi connectivity index (χ3v) is 1.00. The molecular formula is C4H12N2O3. The smallest absolute Gasteiger partial charge is 0.0904 e. The van der Waals surface area contributed by atoms with Crippen LogP contribution in [-0.2, 0) is 4.84 Å². The third-order valence-electron chi connectivity index (χ3n) is 1.00. The van der Waals surface area contributed by atoms with Gasteiger partial charge in [0.25, 0.3) is 0 Å². The fourth-order valence-electron chi connectivity index (χ4n) is 0.307. The van der Waals surface area contributed by atoms with Gasteiger partial charge >= 0.3 is 0 Å². The Morgan fingerprint density at radius 3 is 1.89 bits per heavy atom. The van der Waals surface area contributed by atoms with Gasteiger partial charge in [0.2, 0.25) is 0 Å². The lowest BCUT2D eigenvalue weighted by molar-refractivity contribution is 0.0247. The number of rotatable bonds is 4. The van der Waals surface area contributed by atoms with Gasteiger partial charge in [-0.25, -0.2) is 5.90 Å². The van der Waals surface area contributed by atoms with Crippen molar-refractivity contribution in [2.75, 3.05) is 19.8 Å². The molecule has 5 heteroatoms. The fourth-order valence-corrected chi connectivity index (χ4v) is 0.307. The van der Waals surface area contributed by atoms with Crippen molar-refractivity contribution in [3.05, 3.63) is 0 Å². The van der Waals surface area contributed by atoms with Crippen molar-refractivity contribution in [2.24, 2.45) is 11.6 Å². The van der Waals surface area contributed by atoms with Crippen molar-refractivity contribution in [3.63, 3.8) is 0 Å². The molecule has 0 aliphatic heterocycles. The lowest BCUT2D eigenvalue weighted by Gasteiger charge is -2.22. The summed E-state index contributed by atoms with van der Waals surface area (Å²) in [5.74, 6) is 4.66. The van der Waals surface area contributed by atoms with Gasteiger partial charge in [0, 0.05) is 0 Å². The molecule has 0 radical (unpaired) electrons. The maximum absolute atomic E-state index is 8.50. The average molecular weight is 136 g/mol. The molecule has 9 heavy (non-hydrogen) atoms. The van der Waals surface area contributed by atoms with Crippen LogP contribution in [0.3, 0.4) is 0 Å². The summed E-state index contributed by atoms with van der Waals surface area (Å²) in [5.41, 5.74) is 4.20. The van der Waals surface area contributed by atoms with E-state index in [1.807, 2.05) is 0 Å². The lowest BCUT2D eigenvalue weighted by atomic mass is 10.1. The molecule has 0 amide bonds. The van der Waals surface area contributed by atoms with E-state index in [-0.39, 0.29) is 19.8 Å². The normalized spacial score (nSPS) is 12.0. The molecule has 0 spiro atoms. The Bertz CT molecular complexity index is 74.2. The van der Waals surface area contributed by atoms with Gasteiger partial charge in [-0.1, -0.05) is 0 Å². The zero-order valence-corrected chi connectivity index (χ0v) is 5.08. The Morgan fingerprint density at radius 1 is 1.33 bits per heavy atom. The number of nitrogens with two attached hydrogens (primary N) is 2. The molecule has 0 aromatic rings. The largest absolute Gasteiger partial charge is 0.394 e. The number of aliphatic hydroxyl groups excluding tert-OH is 2. The Labute approximate surface area is 53.2 Å². The predicted octanol–water partition coefficient (Wildman–Crippen LogP) is -2.44. The molecule has 0 saturated heterocycles. The van der Waals surface area contributed by atoms with E-state index >= 15 is 0 Å². The molecule has 0 aromatic heterocycles. The highest BCUT2D eigenvalue weighted by molar-refractivity contribution is 4.81. The van der Waals surface area contributed by atoms with Crippen LogP contribution in [-0.4, -0.2) is 35.6 Å². The maximum atomic E-state index is 8.50. The molecule has 0 heterocycles. The molecule has 0 atom stereocenters. The minimum absolute atomic E-state index is 0.0556. The molecule has 0 fully saturated rings. The molecule has 0 aliphatic carbocycles. The molecule has 56 valence electrons. The van der Waals surface area contributed by atoms with Crippen LogP contribution in [0.15, 0.2) is 0 Å². The summed E-state index contributed by atoms with van der Waals surface area (Å²) in [6.45, 7) is -0.749. The average Bonchev–Trinajstić information content (AvgIpc) is 1.89. The van der Waals surface area contributed by atoms with Crippen LogP contribution in [0.1, 0.15) is 0 Å². The van der Waals surface area contributed by atoms with E-state index in [0.717, 1.165) is 0 Å². The molecule has 0 saturated carbocycles. The summed E-state index contributed by atoms with van der Waals surface area (Å²) in [4.78, 5) is 4.14. The summed E-state index contributed by atoms with van der Waals surface area (Å²) in [6.07, 6.45) is 0.